The van der Waals surface area contributed by atoms with Crippen LogP contribution in [-0.4, -0.2) is 45.5 Å². The number of fused-ring (bicyclic) bond motifs is 1. The number of rotatable bonds is 4. The number of likely N-dealkylation sites (tertiary alicyclic amines) is 1. The van der Waals surface area contributed by atoms with Crippen molar-refractivity contribution in [2.24, 2.45) is 0 Å². The molecule has 0 spiro atoms. The Morgan fingerprint density at radius 3 is 2.65 bits per heavy atom. The lowest BCUT2D eigenvalue weighted by Gasteiger charge is -2.26. The van der Waals surface area contributed by atoms with Crippen LogP contribution < -0.4 is 0 Å². The quantitative estimate of drug-likeness (QED) is 0.869. The molecule has 0 bridgehead atoms. The summed E-state index contributed by atoms with van der Waals surface area (Å²) in [6, 6.07) is 2.06. The lowest BCUT2D eigenvalue weighted by Crippen LogP contribution is -2.30. The molecule has 4 rings (SSSR count). The van der Waals surface area contributed by atoms with Gasteiger partial charge in [0.15, 0.2) is 0 Å². The maximum Gasteiger partial charge on any atom is 0.110 e. The Morgan fingerprint density at radius 1 is 0.957 bits per heavy atom. The molecule has 0 saturated carbocycles. The second-order valence-corrected chi connectivity index (χ2v) is 6.81. The first-order valence-electron chi connectivity index (χ1n) is 8.87. The zero-order valence-electron chi connectivity index (χ0n) is 13.8. The highest BCUT2D eigenvalue weighted by Gasteiger charge is 2.19. The third kappa shape index (κ3) is 3.51. The second kappa shape index (κ2) is 6.89. The van der Waals surface area contributed by atoms with E-state index in [1.54, 1.807) is 6.26 Å². The van der Waals surface area contributed by atoms with E-state index < -0.39 is 0 Å². The van der Waals surface area contributed by atoms with Gasteiger partial charge in [0.2, 0.25) is 0 Å². The van der Waals surface area contributed by atoms with Gasteiger partial charge in [-0.05, 0) is 32.0 Å². The fraction of sp³-hybridized carbons (Fsp3) is 0.611. The lowest BCUT2D eigenvalue weighted by molar-refractivity contribution is 0.214. The molecule has 2 aromatic heterocycles. The Kier molecular flexibility index (Phi) is 4.48. The van der Waals surface area contributed by atoms with Gasteiger partial charge >= 0.3 is 0 Å². The van der Waals surface area contributed by atoms with E-state index in [-0.39, 0.29) is 0 Å². The number of hydrogen-bond acceptors (Lipinski definition) is 4. The minimum absolute atomic E-state index is 0.975. The van der Waals surface area contributed by atoms with Crippen LogP contribution in [0.5, 0.6) is 0 Å². The standard InChI is InChI=1S/C18H26N4O/c1-2-6-20(7-3-1)14-17-12-19-18-4-8-21(9-10-22(17)18)13-16-5-11-23-15-16/h5,11-12,15H,1-4,6-10,13-14H2. The maximum absolute atomic E-state index is 5.19. The summed E-state index contributed by atoms with van der Waals surface area (Å²) in [7, 11) is 0. The SMILES string of the molecule is c1cc(CN2CCc3ncc(CN4CCCCC4)n3CC2)co1. The van der Waals surface area contributed by atoms with E-state index >= 15 is 0 Å². The minimum Gasteiger partial charge on any atom is -0.472 e. The van der Waals surface area contributed by atoms with E-state index in [2.05, 4.69) is 26.6 Å². The molecule has 0 aliphatic carbocycles. The van der Waals surface area contributed by atoms with Gasteiger partial charge in [-0.3, -0.25) is 9.80 Å². The van der Waals surface area contributed by atoms with E-state index in [4.69, 9.17) is 9.40 Å². The molecule has 4 heterocycles. The molecule has 0 radical (unpaired) electrons. The average Bonchev–Trinajstić information content (AvgIpc) is 3.17. The third-order valence-corrected chi connectivity index (χ3v) is 5.13. The van der Waals surface area contributed by atoms with Gasteiger partial charge in [0.1, 0.15) is 5.82 Å². The number of nitrogens with zero attached hydrogens (tertiary/aromatic N) is 4. The molecule has 0 aromatic carbocycles. The molecule has 0 N–H and O–H groups in total. The number of aromatic nitrogens is 2. The van der Waals surface area contributed by atoms with Gasteiger partial charge in [0.25, 0.3) is 0 Å². The predicted molar refractivity (Wildman–Crippen MR) is 89.0 cm³/mol. The van der Waals surface area contributed by atoms with Crippen molar-refractivity contribution in [2.45, 2.75) is 45.3 Å². The molecule has 0 amide bonds. The van der Waals surface area contributed by atoms with Gasteiger partial charge in [0.05, 0.1) is 18.2 Å². The monoisotopic (exact) mass is 314 g/mol. The molecule has 0 atom stereocenters. The highest BCUT2D eigenvalue weighted by molar-refractivity contribution is 5.09. The Morgan fingerprint density at radius 2 is 1.83 bits per heavy atom. The molecule has 23 heavy (non-hydrogen) atoms. The van der Waals surface area contributed by atoms with E-state index in [1.165, 1.54) is 49.4 Å². The topological polar surface area (TPSA) is 37.4 Å². The van der Waals surface area contributed by atoms with Crippen molar-refractivity contribution in [1.82, 2.24) is 19.4 Å². The molecule has 5 heteroatoms. The fourth-order valence-electron chi connectivity index (χ4n) is 3.81. The Hall–Kier alpha value is -1.59. The molecule has 124 valence electrons. The van der Waals surface area contributed by atoms with E-state index in [9.17, 15) is 0 Å². The highest BCUT2D eigenvalue weighted by atomic mass is 16.3. The Bertz CT molecular complexity index is 613. The van der Waals surface area contributed by atoms with Crippen molar-refractivity contribution < 1.29 is 4.42 Å². The van der Waals surface area contributed by atoms with Gasteiger partial charge in [-0.15, -0.1) is 0 Å². The van der Waals surface area contributed by atoms with Crippen molar-refractivity contribution in [3.63, 3.8) is 0 Å². The maximum atomic E-state index is 5.19. The van der Waals surface area contributed by atoms with Crippen LogP contribution in [0.4, 0.5) is 0 Å². The molecule has 2 aliphatic rings. The van der Waals surface area contributed by atoms with Crippen LogP contribution in [0.25, 0.3) is 0 Å². The Labute approximate surface area is 137 Å². The molecule has 2 aromatic rings. The molecule has 2 aliphatic heterocycles. The van der Waals surface area contributed by atoms with Gasteiger partial charge in [-0.25, -0.2) is 4.98 Å². The fourth-order valence-corrected chi connectivity index (χ4v) is 3.81. The summed E-state index contributed by atoms with van der Waals surface area (Å²) in [5.74, 6) is 1.26. The van der Waals surface area contributed by atoms with Gasteiger partial charge < -0.3 is 8.98 Å². The summed E-state index contributed by atoms with van der Waals surface area (Å²) in [5, 5.41) is 0. The zero-order chi connectivity index (χ0) is 15.5. The smallest absolute Gasteiger partial charge is 0.110 e. The van der Waals surface area contributed by atoms with Gasteiger partial charge in [-0.1, -0.05) is 6.42 Å². The summed E-state index contributed by atoms with van der Waals surface area (Å²) < 4.78 is 7.65. The first-order valence-corrected chi connectivity index (χ1v) is 8.87. The normalized spacial score (nSPS) is 20.3. The largest absolute Gasteiger partial charge is 0.472 e. The first kappa shape index (κ1) is 15.0. The number of imidazole rings is 1. The van der Waals surface area contributed by atoms with Crippen LogP contribution in [0.2, 0.25) is 0 Å². The molecule has 1 saturated heterocycles. The predicted octanol–water partition coefficient (Wildman–Crippen LogP) is 2.52. The summed E-state index contributed by atoms with van der Waals surface area (Å²) >= 11 is 0. The van der Waals surface area contributed by atoms with Crippen molar-refractivity contribution >= 4 is 0 Å². The van der Waals surface area contributed by atoms with E-state index in [0.29, 0.717) is 0 Å². The van der Waals surface area contributed by atoms with Gasteiger partial charge in [-0.2, -0.15) is 0 Å². The number of furan rings is 1. The van der Waals surface area contributed by atoms with E-state index in [1.807, 2.05) is 6.26 Å². The van der Waals surface area contributed by atoms with Crippen molar-refractivity contribution in [3.05, 3.63) is 41.9 Å². The third-order valence-electron chi connectivity index (χ3n) is 5.13. The lowest BCUT2D eigenvalue weighted by atomic mass is 10.1. The van der Waals surface area contributed by atoms with Gasteiger partial charge in [0, 0.05) is 50.9 Å². The highest BCUT2D eigenvalue weighted by Crippen LogP contribution is 2.17. The molecule has 0 unspecified atom stereocenters. The summed E-state index contributed by atoms with van der Waals surface area (Å²) in [6.07, 6.45) is 10.8. The van der Waals surface area contributed by atoms with Crippen molar-refractivity contribution in [2.75, 3.05) is 26.2 Å². The number of piperidine rings is 1. The zero-order valence-corrected chi connectivity index (χ0v) is 13.8. The Balaban J connectivity index is 1.40. The average molecular weight is 314 g/mol. The minimum atomic E-state index is 0.975. The van der Waals surface area contributed by atoms with Crippen LogP contribution in [-0.2, 0) is 26.1 Å². The number of hydrogen-bond donors (Lipinski definition) is 0. The van der Waals surface area contributed by atoms with Crippen LogP contribution in [0.1, 0.15) is 36.3 Å². The molecule has 5 nitrogen and oxygen atoms in total. The van der Waals surface area contributed by atoms with Crippen LogP contribution in [0.3, 0.4) is 0 Å². The van der Waals surface area contributed by atoms with Crippen LogP contribution >= 0.6 is 0 Å². The summed E-state index contributed by atoms with van der Waals surface area (Å²) in [5.41, 5.74) is 2.66. The van der Waals surface area contributed by atoms with Crippen molar-refractivity contribution in [3.8, 4) is 0 Å². The second-order valence-electron chi connectivity index (χ2n) is 6.81. The summed E-state index contributed by atoms with van der Waals surface area (Å²) in [6.45, 7) is 7.74. The molecular weight excluding hydrogens is 288 g/mol. The molecule has 1 fully saturated rings. The summed E-state index contributed by atoms with van der Waals surface area (Å²) in [4.78, 5) is 9.79. The van der Waals surface area contributed by atoms with Crippen molar-refractivity contribution in [1.29, 1.82) is 0 Å². The molecular formula is C18H26N4O. The van der Waals surface area contributed by atoms with Crippen LogP contribution in [0, 0.1) is 0 Å². The van der Waals surface area contributed by atoms with Crippen LogP contribution in [0.15, 0.2) is 29.2 Å². The first-order chi connectivity index (χ1) is 11.4. The van der Waals surface area contributed by atoms with E-state index in [0.717, 1.165) is 39.1 Å².